The van der Waals surface area contributed by atoms with Crippen LogP contribution in [0.2, 0.25) is 0 Å². The van der Waals surface area contributed by atoms with Crippen LogP contribution in [0.4, 0.5) is 10.2 Å². The van der Waals surface area contributed by atoms with Gasteiger partial charge in [0.2, 0.25) is 0 Å². The van der Waals surface area contributed by atoms with Crippen molar-refractivity contribution < 1.29 is 4.39 Å². The molecule has 0 aliphatic carbocycles. The van der Waals surface area contributed by atoms with Crippen molar-refractivity contribution in [1.82, 2.24) is 29.7 Å². The Kier molecular flexibility index (Phi) is 5.98. The first-order valence-corrected chi connectivity index (χ1v) is 11.6. The summed E-state index contributed by atoms with van der Waals surface area (Å²) >= 11 is 0. The fourth-order valence-electron chi connectivity index (χ4n) is 4.62. The topological polar surface area (TPSA) is 86.1 Å². The Morgan fingerprint density at radius 2 is 1.97 bits per heavy atom. The first-order chi connectivity index (χ1) is 16.6. The maximum absolute atomic E-state index is 15.3. The second kappa shape index (κ2) is 9.23. The van der Waals surface area contributed by atoms with Crippen molar-refractivity contribution in [2.45, 2.75) is 32.2 Å². The molecule has 0 fully saturated rings. The summed E-state index contributed by atoms with van der Waals surface area (Å²) in [5, 5.41) is 12.9. The van der Waals surface area contributed by atoms with E-state index in [2.05, 4.69) is 33.5 Å². The van der Waals surface area contributed by atoms with E-state index in [1.165, 1.54) is 6.33 Å². The van der Waals surface area contributed by atoms with Gasteiger partial charge < -0.3 is 11.1 Å². The lowest BCUT2D eigenvalue weighted by atomic mass is 9.97. The molecule has 2 aromatic carbocycles. The summed E-state index contributed by atoms with van der Waals surface area (Å²) in [5.41, 5.74) is 11.3. The Labute approximate surface area is 197 Å². The van der Waals surface area contributed by atoms with Crippen molar-refractivity contribution in [3.05, 3.63) is 78.1 Å². The summed E-state index contributed by atoms with van der Waals surface area (Å²) in [4.78, 5) is 4.21. The number of nitrogens with zero attached hydrogens (tertiary/aromatic N) is 5. The highest BCUT2D eigenvalue weighted by atomic mass is 19.1. The number of benzene rings is 2. The van der Waals surface area contributed by atoms with Crippen LogP contribution in [-0.2, 0) is 6.54 Å². The molecule has 8 heteroatoms. The van der Waals surface area contributed by atoms with Gasteiger partial charge >= 0.3 is 0 Å². The lowest BCUT2D eigenvalue weighted by molar-refractivity contribution is 0.556. The number of hydrogen-bond acceptors (Lipinski definition) is 5. The minimum atomic E-state index is -0.314. The fraction of sp³-hybridized carbons (Fsp3) is 0.269. The van der Waals surface area contributed by atoms with Crippen molar-refractivity contribution in [2.75, 3.05) is 19.3 Å². The fourth-order valence-corrected chi connectivity index (χ4v) is 4.62. The van der Waals surface area contributed by atoms with Crippen LogP contribution in [-0.4, -0.2) is 38.0 Å². The lowest BCUT2D eigenvalue weighted by Crippen LogP contribution is -2.13. The van der Waals surface area contributed by atoms with Crippen LogP contribution in [0.1, 0.15) is 36.9 Å². The maximum atomic E-state index is 15.3. The highest BCUT2D eigenvalue weighted by Gasteiger charge is 2.21. The SMILES string of the molecule is CCC(CCNC)c1cc(-c2cc(F)c3cn(Cc4ccccc4)nc3c2)c2c(N)ncnn12. The molecule has 0 saturated heterocycles. The maximum Gasteiger partial charge on any atom is 0.151 e. The first-order valence-electron chi connectivity index (χ1n) is 11.6. The molecule has 0 saturated carbocycles. The molecule has 0 radical (unpaired) electrons. The number of nitrogens with two attached hydrogens (primary N) is 1. The van der Waals surface area contributed by atoms with Gasteiger partial charge in [-0.15, -0.1) is 0 Å². The van der Waals surface area contributed by atoms with Crippen LogP contribution in [0.3, 0.4) is 0 Å². The van der Waals surface area contributed by atoms with Crippen molar-refractivity contribution >= 4 is 22.2 Å². The molecule has 0 amide bonds. The van der Waals surface area contributed by atoms with E-state index in [4.69, 9.17) is 5.73 Å². The monoisotopic (exact) mass is 457 g/mol. The van der Waals surface area contributed by atoms with Gasteiger partial charge in [0.1, 0.15) is 17.7 Å². The standard InChI is InChI=1S/C26H28FN7/c1-3-18(9-10-29-2)24-13-20(25-26(28)30-16-31-34(24)25)19-11-22(27)21-15-33(32-23(21)12-19)14-17-7-5-4-6-8-17/h4-8,11-13,15-16,18,29H,3,9-10,14H2,1-2H3,(H2,28,30,31). The van der Waals surface area contributed by atoms with Gasteiger partial charge in [-0.3, -0.25) is 4.68 Å². The molecule has 174 valence electrons. The van der Waals surface area contributed by atoms with Crippen LogP contribution in [0.25, 0.3) is 27.5 Å². The third-order valence-electron chi connectivity index (χ3n) is 6.38. The molecule has 3 N–H and O–H groups in total. The average Bonchev–Trinajstić information content (AvgIpc) is 3.43. The normalized spacial score (nSPS) is 12.6. The Balaban J connectivity index is 1.61. The summed E-state index contributed by atoms with van der Waals surface area (Å²) in [6, 6.07) is 15.6. The number of nitrogens with one attached hydrogen (secondary N) is 1. The van der Waals surface area contributed by atoms with Gasteiger partial charge in [-0.05, 0) is 55.8 Å². The average molecular weight is 458 g/mol. The van der Waals surface area contributed by atoms with Gasteiger partial charge in [0.15, 0.2) is 5.82 Å². The molecule has 0 aliphatic heterocycles. The Hall–Kier alpha value is -3.78. The van der Waals surface area contributed by atoms with Crippen LogP contribution >= 0.6 is 0 Å². The molecule has 5 rings (SSSR count). The van der Waals surface area contributed by atoms with E-state index in [0.29, 0.717) is 34.3 Å². The molecular weight excluding hydrogens is 429 g/mol. The van der Waals surface area contributed by atoms with Gasteiger partial charge in [-0.25, -0.2) is 13.9 Å². The van der Waals surface area contributed by atoms with Crippen molar-refractivity contribution in [3.8, 4) is 11.1 Å². The Morgan fingerprint density at radius 3 is 2.74 bits per heavy atom. The van der Waals surface area contributed by atoms with Crippen LogP contribution < -0.4 is 11.1 Å². The number of anilines is 1. The third-order valence-corrected chi connectivity index (χ3v) is 6.38. The van der Waals surface area contributed by atoms with E-state index >= 15 is 4.39 Å². The van der Waals surface area contributed by atoms with Gasteiger partial charge in [-0.1, -0.05) is 37.3 Å². The van der Waals surface area contributed by atoms with Crippen molar-refractivity contribution in [2.24, 2.45) is 0 Å². The second-order valence-corrected chi connectivity index (χ2v) is 8.59. The molecule has 5 aromatic rings. The number of hydrogen-bond donors (Lipinski definition) is 2. The summed E-state index contributed by atoms with van der Waals surface area (Å²) in [7, 11) is 1.95. The quantitative estimate of drug-likeness (QED) is 0.355. The van der Waals surface area contributed by atoms with E-state index in [9.17, 15) is 0 Å². The number of nitrogen functional groups attached to an aromatic ring is 1. The van der Waals surface area contributed by atoms with E-state index in [1.54, 1.807) is 16.9 Å². The van der Waals surface area contributed by atoms with Gasteiger partial charge in [-0.2, -0.15) is 10.2 Å². The molecule has 34 heavy (non-hydrogen) atoms. The van der Waals surface area contributed by atoms with E-state index in [-0.39, 0.29) is 11.7 Å². The predicted molar refractivity (Wildman–Crippen MR) is 133 cm³/mol. The number of rotatable bonds is 8. The van der Waals surface area contributed by atoms with Gasteiger partial charge in [0.25, 0.3) is 0 Å². The highest BCUT2D eigenvalue weighted by molar-refractivity contribution is 5.92. The smallest absolute Gasteiger partial charge is 0.151 e. The minimum absolute atomic E-state index is 0.279. The number of halogens is 1. The molecule has 1 unspecified atom stereocenters. The Morgan fingerprint density at radius 1 is 1.15 bits per heavy atom. The summed E-state index contributed by atoms with van der Waals surface area (Å²) < 4.78 is 18.9. The third kappa shape index (κ3) is 4.01. The minimum Gasteiger partial charge on any atom is -0.382 e. The highest BCUT2D eigenvalue weighted by Crippen LogP contribution is 2.36. The molecule has 0 aliphatic rings. The first kappa shape index (κ1) is 22.0. The van der Waals surface area contributed by atoms with E-state index in [1.807, 2.05) is 48.0 Å². The van der Waals surface area contributed by atoms with Gasteiger partial charge in [0.05, 0.1) is 17.4 Å². The van der Waals surface area contributed by atoms with E-state index < -0.39 is 0 Å². The zero-order chi connectivity index (χ0) is 23.7. The second-order valence-electron chi connectivity index (χ2n) is 8.59. The molecule has 3 aromatic heterocycles. The lowest BCUT2D eigenvalue weighted by Gasteiger charge is -2.14. The van der Waals surface area contributed by atoms with Gasteiger partial charge in [0, 0.05) is 23.4 Å². The number of aromatic nitrogens is 5. The molecule has 1 atom stereocenters. The summed E-state index contributed by atoms with van der Waals surface area (Å²) in [6.07, 6.45) is 5.14. The largest absolute Gasteiger partial charge is 0.382 e. The molecule has 3 heterocycles. The summed E-state index contributed by atoms with van der Waals surface area (Å²) in [5.74, 6) is 0.335. The Bertz CT molecular complexity index is 1440. The van der Waals surface area contributed by atoms with E-state index in [0.717, 1.165) is 36.2 Å². The summed E-state index contributed by atoms with van der Waals surface area (Å²) in [6.45, 7) is 3.63. The predicted octanol–water partition coefficient (Wildman–Crippen LogP) is 4.62. The molecule has 7 nitrogen and oxygen atoms in total. The number of fused-ring (bicyclic) bond motifs is 2. The zero-order valence-corrected chi connectivity index (χ0v) is 19.4. The van der Waals surface area contributed by atoms with Crippen molar-refractivity contribution in [3.63, 3.8) is 0 Å². The molecular formula is C26H28FN7. The molecule has 0 bridgehead atoms. The van der Waals surface area contributed by atoms with Crippen molar-refractivity contribution in [1.29, 1.82) is 0 Å². The van der Waals surface area contributed by atoms with Crippen LogP contribution in [0.15, 0.2) is 61.1 Å². The molecule has 0 spiro atoms. The zero-order valence-electron chi connectivity index (χ0n) is 19.4. The van der Waals surface area contributed by atoms with Crippen LogP contribution in [0, 0.1) is 5.82 Å². The van der Waals surface area contributed by atoms with Crippen LogP contribution in [0.5, 0.6) is 0 Å².